The van der Waals surface area contributed by atoms with Gasteiger partial charge in [0.1, 0.15) is 0 Å². The summed E-state index contributed by atoms with van der Waals surface area (Å²) in [4.78, 5) is 0. The van der Waals surface area contributed by atoms with E-state index in [0.29, 0.717) is 0 Å². The van der Waals surface area contributed by atoms with E-state index in [4.69, 9.17) is 0 Å². The summed E-state index contributed by atoms with van der Waals surface area (Å²) < 4.78 is 5.67. The van der Waals surface area contributed by atoms with Gasteiger partial charge in [0.2, 0.25) is 0 Å². The number of fused-ring (bicyclic) bond motifs is 7. The van der Waals surface area contributed by atoms with E-state index in [1.165, 1.54) is 51.5 Å². The smallest absolute Gasteiger partial charge is 0.0534 e. The largest absolute Gasteiger partial charge is 0.134 e. The predicted octanol–water partition coefficient (Wildman–Crippen LogP) is 7.04. The second-order valence-corrected chi connectivity index (χ2v) is 8.13. The number of rotatable bonds is 0. The molecule has 0 spiro atoms. The number of benzene rings is 3. The van der Waals surface area contributed by atoms with Crippen LogP contribution in [-0.2, 0) is 0 Å². The maximum atomic E-state index is 2.32. The van der Waals surface area contributed by atoms with Gasteiger partial charge in [-0.15, -0.1) is 22.7 Å². The van der Waals surface area contributed by atoms with Crippen molar-refractivity contribution in [3.8, 4) is 0 Å². The molecule has 0 aliphatic heterocycles. The van der Waals surface area contributed by atoms with Crippen LogP contribution < -0.4 is 0 Å². The molecule has 0 radical (unpaired) electrons. The summed E-state index contributed by atoms with van der Waals surface area (Å²) in [5.74, 6) is 0. The fraction of sp³-hybridized carbons (Fsp3) is 0.100. The van der Waals surface area contributed by atoms with Crippen molar-refractivity contribution in [2.75, 3.05) is 0 Å². The van der Waals surface area contributed by atoms with Gasteiger partial charge in [0, 0.05) is 30.9 Å². The molecule has 0 N–H and O–H groups in total. The van der Waals surface area contributed by atoms with Gasteiger partial charge in [0.25, 0.3) is 0 Å². The second kappa shape index (κ2) is 4.31. The standard InChI is InChI=1S/C20H14S2/c1-11-4-8-17-16(9-11)15-7-6-14-13-5-3-12(2)10-18(13)22-19(14)20(15)21-17/h3-10H,1-2H3. The van der Waals surface area contributed by atoms with Crippen LogP contribution in [0.3, 0.4) is 0 Å². The summed E-state index contributed by atoms with van der Waals surface area (Å²) in [6, 6.07) is 18.2. The van der Waals surface area contributed by atoms with Crippen LogP contribution in [0.1, 0.15) is 11.1 Å². The summed E-state index contributed by atoms with van der Waals surface area (Å²) in [5, 5.41) is 5.59. The third-order valence-corrected chi connectivity index (χ3v) is 6.91. The first kappa shape index (κ1) is 12.6. The molecule has 0 unspecified atom stereocenters. The van der Waals surface area contributed by atoms with Gasteiger partial charge in [-0.3, -0.25) is 0 Å². The van der Waals surface area contributed by atoms with Crippen LogP contribution in [0.2, 0.25) is 0 Å². The highest BCUT2D eigenvalue weighted by Gasteiger charge is 2.12. The first-order chi connectivity index (χ1) is 10.7. The molecule has 5 aromatic rings. The summed E-state index contributed by atoms with van der Waals surface area (Å²) in [6.45, 7) is 4.34. The highest BCUT2D eigenvalue weighted by Crippen LogP contribution is 2.44. The fourth-order valence-corrected chi connectivity index (χ4v) is 5.91. The van der Waals surface area contributed by atoms with Crippen molar-refractivity contribution in [2.45, 2.75) is 13.8 Å². The maximum Gasteiger partial charge on any atom is 0.0534 e. The molecule has 0 saturated heterocycles. The summed E-state index contributed by atoms with van der Waals surface area (Å²) in [6.07, 6.45) is 0. The van der Waals surface area contributed by atoms with Gasteiger partial charge in [-0.2, -0.15) is 0 Å². The van der Waals surface area contributed by atoms with Crippen LogP contribution in [-0.4, -0.2) is 0 Å². The van der Waals surface area contributed by atoms with E-state index in [-0.39, 0.29) is 0 Å². The fourth-order valence-electron chi connectivity index (χ4n) is 3.29. The Morgan fingerprint density at radius 2 is 1.14 bits per heavy atom. The number of aryl methyl sites for hydroxylation is 2. The van der Waals surface area contributed by atoms with Gasteiger partial charge in [-0.1, -0.05) is 35.9 Å². The lowest BCUT2D eigenvalue weighted by Gasteiger charge is -1.95. The number of hydrogen-bond acceptors (Lipinski definition) is 2. The third kappa shape index (κ3) is 1.62. The molecule has 0 nitrogen and oxygen atoms in total. The van der Waals surface area contributed by atoms with Crippen LogP contribution in [0.25, 0.3) is 40.3 Å². The highest BCUT2D eigenvalue weighted by molar-refractivity contribution is 7.33. The summed E-state index contributed by atoms with van der Waals surface area (Å²) in [7, 11) is 0. The van der Waals surface area contributed by atoms with Gasteiger partial charge in [0.15, 0.2) is 0 Å². The lowest BCUT2D eigenvalue weighted by Crippen LogP contribution is -1.71. The Balaban J connectivity index is 2.02. The molecule has 22 heavy (non-hydrogen) atoms. The minimum Gasteiger partial charge on any atom is -0.134 e. The Hall–Kier alpha value is -1.90. The number of thiophene rings is 2. The van der Waals surface area contributed by atoms with Crippen molar-refractivity contribution in [1.29, 1.82) is 0 Å². The maximum absolute atomic E-state index is 2.32. The van der Waals surface area contributed by atoms with Gasteiger partial charge in [-0.05, 0) is 37.6 Å². The Labute approximate surface area is 136 Å². The van der Waals surface area contributed by atoms with Crippen LogP contribution in [0, 0.1) is 13.8 Å². The van der Waals surface area contributed by atoms with Gasteiger partial charge in [-0.25, -0.2) is 0 Å². The van der Waals surface area contributed by atoms with Crippen LogP contribution in [0.5, 0.6) is 0 Å². The molecular weight excluding hydrogens is 304 g/mol. The first-order valence-electron chi connectivity index (χ1n) is 7.45. The van der Waals surface area contributed by atoms with E-state index < -0.39 is 0 Å². The molecule has 2 heterocycles. The highest BCUT2D eigenvalue weighted by atomic mass is 32.1. The van der Waals surface area contributed by atoms with E-state index >= 15 is 0 Å². The Morgan fingerprint density at radius 1 is 0.545 bits per heavy atom. The molecule has 0 bridgehead atoms. The quantitative estimate of drug-likeness (QED) is 0.287. The monoisotopic (exact) mass is 318 g/mol. The Bertz CT molecular complexity index is 1190. The van der Waals surface area contributed by atoms with Crippen LogP contribution in [0.4, 0.5) is 0 Å². The van der Waals surface area contributed by atoms with Gasteiger partial charge >= 0.3 is 0 Å². The molecule has 0 amide bonds. The molecule has 3 aromatic carbocycles. The molecule has 0 aliphatic rings. The van der Waals surface area contributed by atoms with E-state index in [1.807, 2.05) is 22.7 Å². The Morgan fingerprint density at radius 3 is 1.95 bits per heavy atom. The van der Waals surface area contributed by atoms with Crippen molar-refractivity contribution < 1.29 is 0 Å². The van der Waals surface area contributed by atoms with Crippen molar-refractivity contribution in [3.05, 3.63) is 59.7 Å². The normalized spacial score (nSPS) is 12.1. The van der Waals surface area contributed by atoms with Crippen molar-refractivity contribution in [3.63, 3.8) is 0 Å². The molecule has 106 valence electrons. The van der Waals surface area contributed by atoms with Crippen molar-refractivity contribution in [2.24, 2.45) is 0 Å². The average molecular weight is 318 g/mol. The zero-order valence-corrected chi connectivity index (χ0v) is 14.1. The zero-order valence-electron chi connectivity index (χ0n) is 12.4. The van der Waals surface area contributed by atoms with Crippen LogP contribution >= 0.6 is 22.7 Å². The predicted molar refractivity (Wildman–Crippen MR) is 102 cm³/mol. The molecule has 5 rings (SSSR count). The molecule has 2 heteroatoms. The van der Waals surface area contributed by atoms with Crippen LogP contribution in [0.15, 0.2) is 48.5 Å². The lowest BCUT2D eigenvalue weighted by atomic mass is 10.1. The van der Waals surface area contributed by atoms with Crippen molar-refractivity contribution in [1.82, 2.24) is 0 Å². The van der Waals surface area contributed by atoms with E-state index in [1.54, 1.807) is 0 Å². The summed E-state index contributed by atoms with van der Waals surface area (Å²) >= 11 is 3.86. The van der Waals surface area contributed by atoms with Crippen molar-refractivity contribution >= 4 is 63.0 Å². The van der Waals surface area contributed by atoms with E-state index in [2.05, 4.69) is 62.4 Å². The molecule has 0 atom stereocenters. The minimum atomic E-state index is 1.33. The second-order valence-electron chi connectivity index (χ2n) is 6.02. The Kier molecular flexibility index (Phi) is 2.47. The average Bonchev–Trinajstić information content (AvgIpc) is 3.04. The van der Waals surface area contributed by atoms with E-state index in [0.717, 1.165) is 0 Å². The molecule has 0 saturated carbocycles. The molecule has 0 fully saturated rings. The molecule has 0 aliphatic carbocycles. The molecule has 2 aromatic heterocycles. The van der Waals surface area contributed by atoms with Gasteiger partial charge in [0.05, 0.1) is 9.40 Å². The summed E-state index contributed by atoms with van der Waals surface area (Å²) in [5.41, 5.74) is 2.67. The third-order valence-electron chi connectivity index (χ3n) is 4.39. The van der Waals surface area contributed by atoms with E-state index in [9.17, 15) is 0 Å². The minimum absolute atomic E-state index is 1.33. The SMILES string of the molecule is Cc1ccc2c(c1)sc1c2ccc2c3cc(C)ccc3sc21. The number of hydrogen-bond donors (Lipinski definition) is 0. The topological polar surface area (TPSA) is 0 Å². The lowest BCUT2D eigenvalue weighted by molar-refractivity contribution is 1.52. The zero-order chi connectivity index (χ0) is 14.8. The molecular formula is C20H14S2. The van der Waals surface area contributed by atoms with Gasteiger partial charge < -0.3 is 0 Å². The first-order valence-corrected chi connectivity index (χ1v) is 9.09.